The summed E-state index contributed by atoms with van der Waals surface area (Å²) in [7, 11) is 0. The number of thiazole rings is 1. The number of carbonyl (C=O) groups excluding carboxylic acids is 2. The molecule has 0 aliphatic carbocycles. The van der Waals surface area contributed by atoms with Crippen LogP contribution in [-0.4, -0.2) is 23.2 Å². The van der Waals surface area contributed by atoms with E-state index in [2.05, 4.69) is 20.4 Å². The second-order valence-corrected chi connectivity index (χ2v) is 7.73. The first-order valence-corrected chi connectivity index (χ1v) is 8.71. The molecule has 0 unspecified atom stereocenters. The Morgan fingerprint density at radius 2 is 1.89 bits per heavy atom. The molecule has 0 saturated carbocycles. The largest absolute Gasteiger partial charge is 0.573 e. The van der Waals surface area contributed by atoms with Gasteiger partial charge in [-0.25, -0.2) is 4.98 Å². The fourth-order valence-corrected chi connectivity index (χ4v) is 2.66. The molecule has 0 radical (unpaired) electrons. The third-order valence-corrected chi connectivity index (χ3v) is 3.77. The number of rotatable bonds is 5. The van der Waals surface area contributed by atoms with E-state index in [4.69, 9.17) is 0 Å². The van der Waals surface area contributed by atoms with Crippen LogP contribution in [0, 0.1) is 5.41 Å². The first-order chi connectivity index (χ1) is 12.4. The number of nitrogens with one attached hydrogen (secondary N) is 2. The number of nitrogens with zero attached hydrogens (tertiary/aromatic N) is 1. The van der Waals surface area contributed by atoms with Gasteiger partial charge in [-0.3, -0.25) is 14.9 Å². The number of halogens is 3. The van der Waals surface area contributed by atoms with Crippen molar-refractivity contribution in [3.05, 3.63) is 35.3 Å². The van der Waals surface area contributed by atoms with Crippen molar-refractivity contribution >= 4 is 34.0 Å². The summed E-state index contributed by atoms with van der Waals surface area (Å²) < 4.78 is 42.1. The molecule has 0 aliphatic rings. The highest BCUT2D eigenvalue weighted by molar-refractivity contribution is 7.13. The average Bonchev–Trinajstić information content (AvgIpc) is 2.96. The van der Waals surface area contributed by atoms with Gasteiger partial charge in [0.2, 0.25) is 5.91 Å². The molecule has 0 saturated heterocycles. The van der Waals surface area contributed by atoms with Crippen molar-refractivity contribution in [2.75, 3.05) is 10.6 Å². The summed E-state index contributed by atoms with van der Waals surface area (Å²) in [5.74, 6) is -1.89. The zero-order valence-corrected chi connectivity index (χ0v) is 15.6. The number of aromatic nitrogens is 1. The molecule has 6 nitrogen and oxygen atoms in total. The van der Waals surface area contributed by atoms with Crippen LogP contribution in [0.25, 0.3) is 0 Å². The standard InChI is InChI=1S/C17H18F3N3O3S/c1-16(2,3)9-13(24)22-10-4-5-11(12(8-10)26-17(18,19)20)14(25)23-15-21-6-7-27-15/h4-8H,9H2,1-3H3,(H,22,24)(H,21,23,25). The lowest BCUT2D eigenvalue weighted by atomic mass is 9.92. The smallest absolute Gasteiger partial charge is 0.405 e. The van der Waals surface area contributed by atoms with Gasteiger partial charge < -0.3 is 10.1 Å². The summed E-state index contributed by atoms with van der Waals surface area (Å²) in [6, 6.07) is 3.45. The van der Waals surface area contributed by atoms with E-state index in [1.807, 2.05) is 20.8 Å². The van der Waals surface area contributed by atoms with E-state index in [1.54, 1.807) is 5.38 Å². The molecule has 27 heavy (non-hydrogen) atoms. The summed E-state index contributed by atoms with van der Waals surface area (Å²) in [5, 5.41) is 6.74. The molecule has 1 heterocycles. The SMILES string of the molecule is CC(C)(C)CC(=O)Nc1ccc(C(=O)Nc2nccs2)c(OC(F)(F)F)c1. The van der Waals surface area contributed by atoms with Crippen LogP contribution < -0.4 is 15.4 Å². The first-order valence-electron chi connectivity index (χ1n) is 7.83. The van der Waals surface area contributed by atoms with Crippen LogP contribution in [0.3, 0.4) is 0 Å². The van der Waals surface area contributed by atoms with E-state index in [0.717, 1.165) is 23.5 Å². The second kappa shape index (κ2) is 7.95. The third kappa shape index (κ3) is 6.89. The van der Waals surface area contributed by atoms with E-state index in [1.165, 1.54) is 12.3 Å². The molecule has 0 aliphatic heterocycles. The number of benzene rings is 1. The number of ether oxygens (including phenoxy) is 1. The van der Waals surface area contributed by atoms with Crippen LogP contribution in [0.5, 0.6) is 5.75 Å². The van der Waals surface area contributed by atoms with E-state index >= 15 is 0 Å². The van der Waals surface area contributed by atoms with Crippen molar-refractivity contribution < 1.29 is 27.5 Å². The maximum absolute atomic E-state index is 12.7. The van der Waals surface area contributed by atoms with Gasteiger partial charge in [-0.15, -0.1) is 24.5 Å². The minimum Gasteiger partial charge on any atom is -0.405 e. The Balaban J connectivity index is 2.26. The number of hydrogen-bond acceptors (Lipinski definition) is 5. The van der Waals surface area contributed by atoms with Gasteiger partial charge in [0.1, 0.15) is 5.75 Å². The minimum absolute atomic E-state index is 0.0919. The van der Waals surface area contributed by atoms with Crippen molar-refractivity contribution in [3.63, 3.8) is 0 Å². The van der Waals surface area contributed by atoms with E-state index in [-0.39, 0.29) is 34.1 Å². The normalized spacial score (nSPS) is 11.8. The first kappa shape index (κ1) is 20.7. The molecule has 2 rings (SSSR count). The van der Waals surface area contributed by atoms with Crippen LogP contribution in [0.2, 0.25) is 0 Å². The van der Waals surface area contributed by atoms with Gasteiger partial charge in [0.15, 0.2) is 5.13 Å². The molecule has 2 N–H and O–H groups in total. The predicted octanol–water partition coefficient (Wildman–Crippen LogP) is 4.67. The van der Waals surface area contributed by atoms with Gasteiger partial charge in [0.05, 0.1) is 5.56 Å². The Morgan fingerprint density at radius 1 is 1.19 bits per heavy atom. The number of carbonyl (C=O) groups is 2. The number of anilines is 2. The Morgan fingerprint density at radius 3 is 2.44 bits per heavy atom. The quantitative estimate of drug-likeness (QED) is 0.763. The van der Waals surface area contributed by atoms with Crippen molar-refractivity contribution in [1.82, 2.24) is 4.98 Å². The van der Waals surface area contributed by atoms with Crippen molar-refractivity contribution in [1.29, 1.82) is 0 Å². The van der Waals surface area contributed by atoms with E-state index in [0.29, 0.717) is 0 Å². The minimum atomic E-state index is -5.00. The summed E-state index contributed by atoms with van der Waals surface area (Å²) in [5.41, 5.74) is -0.534. The lowest BCUT2D eigenvalue weighted by Gasteiger charge is -2.18. The van der Waals surface area contributed by atoms with Gasteiger partial charge in [-0.1, -0.05) is 20.8 Å². The van der Waals surface area contributed by atoms with Crippen LogP contribution >= 0.6 is 11.3 Å². The molecule has 10 heteroatoms. The van der Waals surface area contributed by atoms with Crippen LogP contribution in [0.15, 0.2) is 29.8 Å². The summed E-state index contributed by atoms with van der Waals surface area (Å²) >= 11 is 1.12. The lowest BCUT2D eigenvalue weighted by Crippen LogP contribution is -2.22. The average molecular weight is 401 g/mol. The Bertz CT molecular complexity index is 815. The molecular weight excluding hydrogens is 383 g/mol. The van der Waals surface area contributed by atoms with Crippen LogP contribution in [0.1, 0.15) is 37.6 Å². The number of amides is 2. The summed E-state index contributed by atoms with van der Waals surface area (Å²) in [6.45, 7) is 5.57. The predicted molar refractivity (Wildman–Crippen MR) is 95.9 cm³/mol. The molecule has 0 fully saturated rings. The molecule has 1 aromatic heterocycles. The van der Waals surface area contributed by atoms with Crippen molar-refractivity contribution in [2.45, 2.75) is 33.6 Å². The van der Waals surface area contributed by atoms with Crippen LogP contribution in [-0.2, 0) is 4.79 Å². The molecule has 0 spiro atoms. The zero-order chi connectivity index (χ0) is 20.2. The van der Waals surface area contributed by atoms with Gasteiger partial charge in [0.25, 0.3) is 5.91 Å². The maximum Gasteiger partial charge on any atom is 0.573 e. The molecular formula is C17H18F3N3O3S. The van der Waals surface area contributed by atoms with Gasteiger partial charge in [-0.2, -0.15) is 0 Å². The lowest BCUT2D eigenvalue weighted by molar-refractivity contribution is -0.274. The van der Waals surface area contributed by atoms with Gasteiger partial charge in [-0.05, 0) is 17.5 Å². The topological polar surface area (TPSA) is 80.3 Å². The maximum atomic E-state index is 12.7. The molecule has 146 valence electrons. The third-order valence-electron chi connectivity index (χ3n) is 3.08. The Kier molecular flexibility index (Phi) is 6.09. The zero-order valence-electron chi connectivity index (χ0n) is 14.8. The van der Waals surface area contributed by atoms with Gasteiger partial charge >= 0.3 is 6.36 Å². The number of alkyl halides is 3. The van der Waals surface area contributed by atoms with Crippen molar-refractivity contribution in [2.24, 2.45) is 5.41 Å². The highest BCUT2D eigenvalue weighted by atomic mass is 32.1. The second-order valence-electron chi connectivity index (χ2n) is 6.84. The number of hydrogen-bond donors (Lipinski definition) is 2. The molecule has 1 aromatic carbocycles. The Labute approximate surface area is 157 Å². The fraction of sp³-hybridized carbons (Fsp3) is 0.353. The van der Waals surface area contributed by atoms with Crippen LogP contribution in [0.4, 0.5) is 24.0 Å². The molecule has 0 atom stereocenters. The van der Waals surface area contributed by atoms with Crippen molar-refractivity contribution in [3.8, 4) is 5.75 Å². The fourth-order valence-electron chi connectivity index (χ4n) is 2.13. The molecule has 2 aromatic rings. The highest BCUT2D eigenvalue weighted by Crippen LogP contribution is 2.30. The van der Waals surface area contributed by atoms with Gasteiger partial charge in [0, 0.05) is 29.8 Å². The summed E-state index contributed by atoms with van der Waals surface area (Å²) in [4.78, 5) is 28.1. The Hall–Kier alpha value is -2.62. The summed E-state index contributed by atoms with van der Waals surface area (Å²) in [6.07, 6.45) is -3.37. The monoisotopic (exact) mass is 401 g/mol. The molecule has 0 bridgehead atoms. The van der Waals surface area contributed by atoms with E-state index < -0.39 is 18.0 Å². The van der Waals surface area contributed by atoms with E-state index in [9.17, 15) is 22.8 Å². The highest BCUT2D eigenvalue weighted by Gasteiger charge is 2.33. The molecule has 2 amide bonds.